The minimum atomic E-state index is -3.04. The van der Waals surface area contributed by atoms with E-state index in [1.165, 1.54) is 31.4 Å². The number of allylic oxidation sites excluding steroid dienone is 1. The molecule has 0 saturated heterocycles. The second kappa shape index (κ2) is 9.16. The largest absolute Gasteiger partial charge is 0.493 e. The van der Waals surface area contributed by atoms with Gasteiger partial charge < -0.3 is 19.2 Å². The summed E-state index contributed by atoms with van der Waals surface area (Å²) in [6, 6.07) is 4.58. The van der Waals surface area contributed by atoms with Crippen LogP contribution in [0.3, 0.4) is 0 Å². The summed E-state index contributed by atoms with van der Waals surface area (Å²) < 4.78 is 40.0. The van der Waals surface area contributed by atoms with Crippen LogP contribution in [-0.4, -0.2) is 37.1 Å². The van der Waals surface area contributed by atoms with Gasteiger partial charge >= 0.3 is 12.6 Å². The minimum Gasteiger partial charge on any atom is -0.493 e. The van der Waals surface area contributed by atoms with Gasteiger partial charge in [0.1, 0.15) is 0 Å². The van der Waals surface area contributed by atoms with Crippen molar-refractivity contribution in [2.75, 3.05) is 13.7 Å². The number of hydrogen-bond acceptors (Lipinski definition) is 5. The molecule has 0 aliphatic carbocycles. The van der Waals surface area contributed by atoms with E-state index in [2.05, 4.69) is 9.72 Å². The average Bonchev–Trinajstić information content (AvgIpc) is 2.94. The van der Waals surface area contributed by atoms with Crippen molar-refractivity contribution in [1.29, 1.82) is 0 Å². The number of ketones is 1. The second-order valence-corrected chi connectivity index (χ2v) is 5.80. The van der Waals surface area contributed by atoms with Gasteiger partial charge in [-0.3, -0.25) is 4.79 Å². The van der Waals surface area contributed by atoms with E-state index in [0.29, 0.717) is 16.8 Å². The molecule has 0 atom stereocenters. The van der Waals surface area contributed by atoms with Gasteiger partial charge in [-0.25, -0.2) is 4.79 Å². The number of alkyl halides is 2. The monoisotopic (exact) mass is 393 g/mol. The maximum atomic E-state index is 12.7. The van der Waals surface area contributed by atoms with Crippen LogP contribution in [0.25, 0.3) is 6.08 Å². The molecule has 0 saturated carbocycles. The maximum Gasteiger partial charge on any atom is 0.387 e. The number of halogens is 2. The molecule has 1 aromatic carbocycles. The van der Waals surface area contributed by atoms with Crippen molar-refractivity contribution >= 4 is 17.8 Å². The van der Waals surface area contributed by atoms with E-state index in [4.69, 9.17) is 9.47 Å². The third-order valence-corrected chi connectivity index (χ3v) is 4.01. The molecule has 1 N–H and O–H groups in total. The fourth-order valence-electron chi connectivity index (χ4n) is 2.79. The van der Waals surface area contributed by atoms with Crippen LogP contribution in [0.2, 0.25) is 0 Å². The van der Waals surface area contributed by atoms with Crippen LogP contribution in [0.1, 0.15) is 44.6 Å². The summed E-state index contributed by atoms with van der Waals surface area (Å²) in [7, 11) is 1.33. The summed E-state index contributed by atoms with van der Waals surface area (Å²) in [5, 5.41) is 0. The van der Waals surface area contributed by atoms with Gasteiger partial charge in [0.15, 0.2) is 11.5 Å². The molecule has 1 aromatic heterocycles. The van der Waals surface area contributed by atoms with Crippen LogP contribution in [0.5, 0.6) is 11.5 Å². The number of aromatic amines is 1. The molecular formula is C20H21F2NO5. The summed E-state index contributed by atoms with van der Waals surface area (Å²) in [4.78, 5) is 27.5. The number of nitrogens with one attached hydrogen (secondary N) is 1. The number of rotatable bonds is 8. The summed E-state index contributed by atoms with van der Waals surface area (Å²) in [6.45, 7) is 2.16. The van der Waals surface area contributed by atoms with Gasteiger partial charge in [0, 0.05) is 11.3 Å². The van der Waals surface area contributed by atoms with E-state index < -0.39 is 18.4 Å². The highest BCUT2D eigenvalue weighted by atomic mass is 19.3. The molecule has 2 rings (SSSR count). The van der Waals surface area contributed by atoms with Gasteiger partial charge in [0.05, 0.1) is 25.0 Å². The lowest BCUT2D eigenvalue weighted by Gasteiger charge is -2.12. The van der Waals surface area contributed by atoms with Crippen LogP contribution in [0.4, 0.5) is 8.78 Å². The zero-order valence-corrected chi connectivity index (χ0v) is 16.0. The van der Waals surface area contributed by atoms with E-state index in [-0.39, 0.29) is 29.4 Å². The normalized spacial score (nSPS) is 11.1. The number of ether oxygens (including phenoxy) is 3. The minimum absolute atomic E-state index is 0.117. The predicted octanol–water partition coefficient (Wildman–Crippen LogP) is 4.31. The van der Waals surface area contributed by atoms with E-state index in [1.54, 1.807) is 26.8 Å². The summed E-state index contributed by atoms with van der Waals surface area (Å²) in [5.41, 5.74) is 1.74. The molecule has 0 aliphatic heterocycles. The molecule has 6 nitrogen and oxygen atoms in total. The van der Waals surface area contributed by atoms with Crippen LogP contribution >= 0.6 is 0 Å². The van der Waals surface area contributed by atoms with Crippen LogP contribution in [0.15, 0.2) is 24.3 Å². The third kappa shape index (κ3) is 4.57. The Balaban J connectivity index is 2.35. The van der Waals surface area contributed by atoms with E-state index in [9.17, 15) is 18.4 Å². The Hall–Kier alpha value is -3.16. The van der Waals surface area contributed by atoms with Crippen molar-refractivity contribution in [2.45, 2.75) is 27.4 Å². The summed E-state index contributed by atoms with van der Waals surface area (Å²) >= 11 is 0. The average molecular weight is 393 g/mol. The standard InChI is InChI=1S/C20H21F2NO5/c1-5-27-19(25)16-11(2)17(23-12(16)3)14(24)10-9-13-7-6-8-15(26-4)18(13)28-20(21)22/h6-10,20,23H,5H2,1-4H3/b10-9+. The Morgan fingerprint density at radius 3 is 2.57 bits per heavy atom. The van der Waals surface area contributed by atoms with E-state index in [1.807, 2.05) is 0 Å². The van der Waals surface area contributed by atoms with Gasteiger partial charge in [-0.2, -0.15) is 8.78 Å². The van der Waals surface area contributed by atoms with Crippen molar-refractivity contribution in [1.82, 2.24) is 4.98 Å². The fraction of sp³-hybridized carbons (Fsp3) is 0.300. The number of aryl methyl sites for hydroxylation is 1. The summed E-state index contributed by atoms with van der Waals surface area (Å²) in [6.07, 6.45) is 2.56. The first kappa shape index (κ1) is 21.1. The Kier molecular flexibility index (Phi) is 6.92. The van der Waals surface area contributed by atoms with Crippen LogP contribution < -0.4 is 9.47 Å². The van der Waals surface area contributed by atoms with Crippen molar-refractivity contribution in [2.24, 2.45) is 0 Å². The zero-order chi connectivity index (χ0) is 20.8. The highest BCUT2D eigenvalue weighted by Gasteiger charge is 2.22. The first-order valence-electron chi connectivity index (χ1n) is 8.50. The van der Waals surface area contributed by atoms with Gasteiger partial charge in [0.2, 0.25) is 5.78 Å². The van der Waals surface area contributed by atoms with Gasteiger partial charge in [-0.1, -0.05) is 12.1 Å². The lowest BCUT2D eigenvalue weighted by atomic mass is 10.1. The van der Waals surface area contributed by atoms with Crippen LogP contribution in [-0.2, 0) is 4.74 Å². The predicted molar refractivity (Wildman–Crippen MR) is 99.2 cm³/mol. The molecule has 2 aromatic rings. The molecular weight excluding hydrogens is 372 g/mol. The van der Waals surface area contributed by atoms with Crippen molar-refractivity contribution in [3.8, 4) is 11.5 Å². The molecule has 8 heteroatoms. The van der Waals surface area contributed by atoms with Crippen molar-refractivity contribution in [3.05, 3.63) is 52.4 Å². The molecule has 0 bridgehead atoms. The zero-order valence-electron chi connectivity index (χ0n) is 16.0. The number of aromatic nitrogens is 1. The first-order valence-corrected chi connectivity index (χ1v) is 8.50. The number of esters is 1. The number of benzene rings is 1. The number of hydrogen-bond donors (Lipinski definition) is 1. The number of para-hydroxylation sites is 1. The Bertz CT molecular complexity index is 902. The first-order chi connectivity index (χ1) is 13.3. The number of carbonyl (C=O) groups is 2. The fourth-order valence-corrected chi connectivity index (χ4v) is 2.79. The quantitative estimate of drug-likeness (QED) is 0.411. The lowest BCUT2D eigenvalue weighted by molar-refractivity contribution is -0.0513. The molecule has 0 unspecified atom stereocenters. The van der Waals surface area contributed by atoms with Crippen molar-refractivity contribution in [3.63, 3.8) is 0 Å². The Labute approximate surface area is 161 Å². The second-order valence-electron chi connectivity index (χ2n) is 5.80. The third-order valence-electron chi connectivity index (χ3n) is 4.01. The Morgan fingerprint density at radius 2 is 1.96 bits per heavy atom. The van der Waals surface area contributed by atoms with E-state index in [0.717, 1.165) is 0 Å². The summed E-state index contributed by atoms with van der Waals surface area (Å²) in [5.74, 6) is -0.999. The molecule has 0 amide bonds. The molecule has 0 spiro atoms. The molecule has 0 radical (unpaired) electrons. The smallest absolute Gasteiger partial charge is 0.387 e. The SMILES string of the molecule is CCOC(=O)c1c(C)[nH]c(C(=O)/C=C/c2cccc(OC)c2OC(F)F)c1C. The number of carbonyl (C=O) groups excluding carboxylic acids is 2. The van der Waals surface area contributed by atoms with Crippen LogP contribution in [0, 0.1) is 13.8 Å². The number of H-pyrrole nitrogens is 1. The maximum absolute atomic E-state index is 12.7. The van der Waals surface area contributed by atoms with E-state index >= 15 is 0 Å². The van der Waals surface area contributed by atoms with Crippen molar-refractivity contribution < 1.29 is 32.6 Å². The highest BCUT2D eigenvalue weighted by Crippen LogP contribution is 2.33. The molecule has 0 fully saturated rings. The Morgan fingerprint density at radius 1 is 1.25 bits per heavy atom. The van der Waals surface area contributed by atoms with Gasteiger partial charge in [-0.15, -0.1) is 0 Å². The molecule has 28 heavy (non-hydrogen) atoms. The number of methoxy groups -OCH3 is 1. The lowest BCUT2D eigenvalue weighted by Crippen LogP contribution is -2.07. The van der Waals surface area contributed by atoms with Gasteiger partial charge in [-0.05, 0) is 44.6 Å². The highest BCUT2D eigenvalue weighted by molar-refractivity contribution is 6.09. The topological polar surface area (TPSA) is 77.6 Å². The molecule has 150 valence electrons. The molecule has 1 heterocycles. The van der Waals surface area contributed by atoms with Gasteiger partial charge in [0.25, 0.3) is 0 Å². The molecule has 0 aliphatic rings.